The zero-order chi connectivity index (χ0) is 10.9. The van der Waals surface area contributed by atoms with Crippen molar-refractivity contribution < 1.29 is 13.2 Å². The number of rotatable bonds is 3. The van der Waals surface area contributed by atoms with Crippen molar-refractivity contribution in [1.29, 1.82) is 0 Å². The van der Waals surface area contributed by atoms with E-state index in [4.69, 9.17) is 0 Å². The van der Waals surface area contributed by atoms with Gasteiger partial charge in [0, 0.05) is 6.20 Å². The van der Waals surface area contributed by atoms with Crippen molar-refractivity contribution in [2.24, 2.45) is 0 Å². The van der Waals surface area contributed by atoms with Crippen LogP contribution in [0.1, 0.15) is 17.4 Å². The van der Waals surface area contributed by atoms with Gasteiger partial charge in [-0.3, -0.25) is 4.79 Å². The molecule has 1 heterocycles. The van der Waals surface area contributed by atoms with Crippen molar-refractivity contribution in [2.75, 3.05) is 6.26 Å². The molecule has 14 heavy (non-hydrogen) atoms. The summed E-state index contributed by atoms with van der Waals surface area (Å²) in [5, 5.41) is 0. The fourth-order valence-corrected chi connectivity index (χ4v) is 1.84. The predicted molar refractivity (Wildman–Crippen MR) is 53.8 cm³/mol. The van der Waals surface area contributed by atoms with Crippen LogP contribution in [0.5, 0.6) is 0 Å². The molecule has 0 radical (unpaired) electrons. The van der Waals surface area contributed by atoms with Gasteiger partial charge >= 0.3 is 0 Å². The van der Waals surface area contributed by atoms with Gasteiger partial charge < -0.3 is 0 Å². The van der Waals surface area contributed by atoms with E-state index >= 15 is 0 Å². The van der Waals surface area contributed by atoms with E-state index in [1.54, 1.807) is 6.92 Å². The Morgan fingerprint density at radius 2 is 2.07 bits per heavy atom. The molecular formula is C9H11NO3S. The highest BCUT2D eigenvalue weighted by atomic mass is 32.2. The number of nitrogens with zero attached hydrogens (tertiary/aromatic N) is 1. The molecule has 0 aliphatic carbocycles. The summed E-state index contributed by atoms with van der Waals surface area (Å²) in [5.41, 5.74) is 0.439. The van der Waals surface area contributed by atoms with Crippen molar-refractivity contribution in [2.45, 2.75) is 6.92 Å². The van der Waals surface area contributed by atoms with E-state index in [0.717, 1.165) is 10.2 Å². The molecule has 0 aromatic carbocycles. The zero-order valence-corrected chi connectivity index (χ0v) is 8.84. The van der Waals surface area contributed by atoms with Gasteiger partial charge in [-0.15, -0.1) is 0 Å². The van der Waals surface area contributed by atoms with E-state index in [2.05, 4.69) is 6.58 Å². The highest BCUT2D eigenvalue weighted by Crippen LogP contribution is 2.10. The molecule has 0 N–H and O–H groups in total. The van der Waals surface area contributed by atoms with Crippen molar-refractivity contribution in [3.63, 3.8) is 0 Å². The monoisotopic (exact) mass is 213 g/mol. The highest BCUT2D eigenvalue weighted by molar-refractivity contribution is 7.89. The fraction of sp³-hybridized carbons (Fsp3) is 0.222. The summed E-state index contributed by atoms with van der Waals surface area (Å²) in [7, 11) is -3.41. The summed E-state index contributed by atoms with van der Waals surface area (Å²) >= 11 is 0. The lowest BCUT2D eigenvalue weighted by molar-refractivity contribution is 0.102. The van der Waals surface area contributed by atoms with Gasteiger partial charge in [-0.25, -0.2) is 12.4 Å². The third-order valence-electron chi connectivity index (χ3n) is 1.69. The fourth-order valence-electron chi connectivity index (χ4n) is 1.05. The van der Waals surface area contributed by atoms with Gasteiger partial charge in [-0.05, 0) is 24.6 Å². The van der Waals surface area contributed by atoms with Crippen LogP contribution >= 0.6 is 0 Å². The van der Waals surface area contributed by atoms with Gasteiger partial charge in [-0.2, -0.15) is 0 Å². The third kappa shape index (κ3) is 1.93. The molecule has 1 rings (SSSR count). The maximum Gasteiger partial charge on any atom is 0.236 e. The largest absolute Gasteiger partial charge is 0.287 e. The van der Waals surface area contributed by atoms with E-state index < -0.39 is 10.0 Å². The average Bonchev–Trinajstić information content (AvgIpc) is 2.48. The minimum atomic E-state index is -3.41. The van der Waals surface area contributed by atoms with E-state index in [1.807, 2.05) is 0 Å². The molecule has 0 fully saturated rings. The molecule has 0 spiro atoms. The third-order valence-corrected chi connectivity index (χ3v) is 2.72. The molecule has 1 aromatic heterocycles. The van der Waals surface area contributed by atoms with Crippen LogP contribution < -0.4 is 0 Å². The number of carbonyl (C=O) groups excluding carboxylic acids is 1. The number of allylic oxidation sites excluding steroid dienone is 1. The predicted octanol–water partition coefficient (Wildman–Crippen LogP) is 1.05. The number of Topliss-reactive ketones (excluding diaryl/α,β-unsaturated/α-hetero) is 1. The van der Waals surface area contributed by atoms with Crippen LogP contribution in [-0.4, -0.2) is 24.4 Å². The van der Waals surface area contributed by atoms with Crippen LogP contribution in [0.3, 0.4) is 0 Å². The molecule has 4 nitrogen and oxygen atoms in total. The molecule has 5 heteroatoms. The Balaban J connectivity index is 3.32. The number of aromatic nitrogens is 1. The van der Waals surface area contributed by atoms with Crippen LogP contribution in [0.4, 0.5) is 0 Å². The molecule has 0 bridgehead atoms. The summed E-state index contributed by atoms with van der Waals surface area (Å²) in [4.78, 5) is 11.5. The standard InChI is InChI=1S/C9H11NO3S/c1-7(2)9(11)8-5-4-6-10(8)14(3,12)13/h4-6H,1H2,2-3H3. The minimum absolute atomic E-state index is 0.125. The molecule has 1 aromatic rings. The molecule has 0 atom stereocenters. The molecule has 0 amide bonds. The maximum atomic E-state index is 11.5. The van der Waals surface area contributed by atoms with Crippen molar-refractivity contribution >= 4 is 15.8 Å². The molecule has 0 aliphatic heterocycles. The Morgan fingerprint density at radius 1 is 1.50 bits per heavy atom. The van der Waals surface area contributed by atoms with E-state index in [0.29, 0.717) is 5.57 Å². The Morgan fingerprint density at radius 3 is 2.50 bits per heavy atom. The van der Waals surface area contributed by atoms with Crippen molar-refractivity contribution in [3.8, 4) is 0 Å². The second kappa shape index (κ2) is 3.42. The topological polar surface area (TPSA) is 56.1 Å². The molecule has 76 valence electrons. The van der Waals surface area contributed by atoms with Gasteiger partial charge in [0.25, 0.3) is 0 Å². The minimum Gasteiger partial charge on any atom is -0.287 e. The van der Waals surface area contributed by atoms with Crippen LogP contribution in [0, 0.1) is 0 Å². The summed E-state index contributed by atoms with van der Waals surface area (Å²) in [6, 6.07) is 2.97. The van der Waals surface area contributed by atoms with Crippen LogP contribution in [0.25, 0.3) is 0 Å². The number of carbonyl (C=O) groups is 1. The quantitative estimate of drug-likeness (QED) is 0.557. The van der Waals surface area contributed by atoms with Crippen molar-refractivity contribution in [1.82, 2.24) is 3.97 Å². The average molecular weight is 213 g/mol. The number of hydrogen-bond acceptors (Lipinski definition) is 3. The Labute approximate surface area is 82.9 Å². The highest BCUT2D eigenvalue weighted by Gasteiger charge is 2.16. The lowest BCUT2D eigenvalue weighted by atomic mass is 10.2. The second-order valence-corrected chi connectivity index (χ2v) is 4.92. The second-order valence-electron chi connectivity index (χ2n) is 3.06. The lowest BCUT2D eigenvalue weighted by Gasteiger charge is -2.04. The van der Waals surface area contributed by atoms with Gasteiger partial charge in [-0.1, -0.05) is 6.58 Å². The van der Waals surface area contributed by atoms with Crippen LogP contribution in [0.2, 0.25) is 0 Å². The first kappa shape index (κ1) is 10.7. The van der Waals surface area contributed by atoms with Gasteiger partial charge in [0.2, 0.25) is 15.8 Å². The van der Waals surface area contributed by atoms with Gasteiger partial charge in [0.15, 0.2) is 0 Å². The summed E-state index contributed by atoms with van der Waals surface area (Å²) in [6.45, 7) is 5.02. The zero-order valence-electron chi connectivity index (χ0n) is 8.02. The first-order valence-electron chi connectivity index (χ1n) is 3.92. The van der Waals surface area contributed by atoms with E-state index in [-0.39, 0.29) is 11.5 Å². The molecule has 0 saturated carbocycles. The summed E-state index contributed by atoms with van der Waals surface area (Å²) in [6.07, 6.45) is 2.38. The number of ketones is 1. The van der Waals surface area contributed by atoms with Gasteiger partial charge in [0.1, 0.15) is 5.69 Å². The Kier molecular flexibility index (Phi) is 2.62. The van der Waals surface area contributed by atoms with Crippen LogP contribution in [-0.2, 0) is 10.0 Å². The normalized spacial score (nSPS) is 11.3. The van der Waals surface area contributed by atoms with Crippen LogP contribution in [0.15, 0.2) is 30.5 Å². The Bertz CT molecular complexity index is 482. The van der Waals surface area contributed by atoms with Gasteiger partial charge in [0.05, 0.1) is 6.26 Å². The summed E-state index contributed by atoms with van der Waals surface area (Å²) in [5.74, 6) is -0.361. The van der Waals surface area contributed by atoms with Crippen molar-refractivity contribution in [3.05, 3.63) is 36.2 Å². The SMILES string of the molecule is C=C(C)C(=O)c1cccn1S(C)(=O)=O. The molecular weight excluding hydrogens is 202 g/mol. The smallest absolute Gasteiger partial charge is 0.236 e. The first-order chi connectivity index (χ1) is 6.34. The van der Waals surface area contributed by atoms with E-state index in [9.17, 15) is 13.2 Å². The van der Waals surface area contributed by atoms with E-state index in [1.165, 1.54) is 18.3 Å². The summed E-state index contributed by atoms with van der Waals surface area (Å²) < 4.78 is 23.4. The first-order valence-corrected chi connectivity index (χ1v) is 5.77. The molecule has 0 saturated heterocycles. The Hall–Kier alpha value is -1.36. The molecule has 0 unspecified atom stereocenters. The maximum absolute atomic E-state index is 11.5. The molecule has 0 aliphatic rings. The number of hydrogen-bond donors (Lipinski definition) is 0. The lowest BCUT2D eigenvalue weighted by Crippen LogP contribution is -2.16.